The van der Waals surface area contributed by atoms with Gasteiger partial charge in [-0.05, 0) is 57.5 Å². The number of rotatable bonds is 6. The molecule has 12 heteroatoms. The van der Waals surface area contributed by atoms with E-state index in [4.69, 9.17) is 9.47 Å². The number of halogens is 1. The summed E-state index contributed by atoms with van der Waals surface area (Å²) < 4.78 is 12.7. The first kappa shape index (κ1) is 31.2. The Morgan fingerprint density at radius 2 is 1.81 bits per heavy atom. The zero-order valence-corrected chi connectivity index (χ0v) is 26.3. The molecule has 3 amide bonds. The Morgan fingerprint density at radius 1 is 1.09 bits per heavy atom. The molecule has 0 unspecified atom stereocenters. The molecule has 4 heterocycles. The number of amides is 3. The van der Waals surface area contributed by atoms with Crippen molar-refractivity contribution in [3.05, 3.63) is 47.0 Å². The van der Waals surface area contributed by atoms with Crippen molar-refractivity contribution in [2.75, 3.05) is 49.1 Å². The first-order chi connectivity index (χ1) is 20.7. The summed E-state index contributed by atoms with van der Waals surface area (Å²) in [4.78, 5) is 59.8. The van der Waals surface area contributed by atoms with Gasteiger partial charge in [0, 0.05) is 48.5 Å². The van der Waals surface area contributed by atoms with Gasteiger partial charge in [0.25, 0.3) is 5.91 Å². The van der Waals surface area contributed by atoms with Crippen LogP contribution in [0.15, 0.2) is 47.0 Å². The van der Waals surface area contributed by atoms with Crippen LogP contribution in [0.5, 0.6) is 0 Å². The Bertz CT molecular complexity index is 1310. The molecule has 6 atom stereocenters. The van der Waals surface area contributed by atoms with Gasteiger partial charge in [0.1, 0.15) is 29.8 Å². The first-order valence-corrected chi connectivity index (χ1v) is 15.7. The van der Waals surface area contributed by atoms with Crippen molar-refractivity contribution in [1.29, 1.82) is 0 Å². The van der Waals surface area contributed by atoms with Crippen LogP contribution in [0.1, 0.15) is 33.6 Å². The number of benzene rings is 1. The molecule has 0 saturated carbocycles. The molecule has 0 aromatic heterocycles. The first-order valence-electron chi connectivity index (χ1n) is 14.9. The monoisotopic (exact) mass is 658 g/mol. The smallest absolute Gasteiger partial charge is 0.313 e. The zero-order valence-electron chi connectivity index (χ0n) is 24.7. The molecule has 0 radical (unpaired) electrons. The van der Waals surface area contributed by atoms with Gasteiger partial charge in [-0.1, -0.05) is 28.1 Å². The van der Waals surface area contributed by atoms with Crippen molar-refractivity contribution in [2.24, 2.45) is 11.8 Å². The van der Waals surface area contributed by atoms with Crippen molar-refractivity contribution in [3.8, 4) is 0 Å². The van der Waals surface area contributed by atoms with Gasteiger partial charge >= 0.3 is 5.97 Å². The number of cyclic esters (lactones) is 1. The molecule has 5 rings (SSSR count). The fourth-order valence-electron chi connectivity index (χ4n) is 6.69. The summed E-state index contributed by atoms with van der Waals surface area (Å²) in [5, 5.41) is 12.7. The van der Waals surface area contributed by atoms with Crippen LogP contribution in [0.4, 0.5) is 11.4 Å². The molecule has 2 fully saturated rings. The van der Waals surface area contributed by atoms with E-state index < -0.39 is 53.5 Å². The lowest BCUT2D eigenvalue weighted by molar-refractivity contribution is -0.158. The van der Waals surface area contributed by atoms with E-state index in [0.29, 0.717) is 16.6 Å². The summed E-state index contributed by atoms with van der Waals surface area (Å²) in [6.45, 7) is 7.34. The minimum atomic E-state index is -1.43. The number of nitrogens with one attached hydrogen (secondary N) is 1. The van der Waals surface area contributed by atoms with Gasteiger partial charge in [-0.3, -0.25) is 19.2 Å². The van der Waals surface area contributed by atoms with Crippen LogP contribution in [0.25, 0.3) is 0 Å². The number of aliphatic hydroxyl groups is 1. The molecule has 43 heavy (non-hydrogen) atoms. The lowest BCUT2D eigenvalue weighted by atomic mass is 9.74. The Morgan fingerprint density at radius 3 is 2.49 bits per heavy atom. The highest BCUT2D eigenvalue weighted by Crippen LogP contribution is 2.58. The number of hydrogen-bond donors (Lipinski definition) is 2. The van der Waals surface area contributed by atoms with E-state index >= 15 is 0 Å². The largest absolute Gasteiger partial charge is 0.460 e. The molecule has 1 aromatic carbocycles. The van der Waals surface area contributed by atoms with Gasteiger partial charge < -0.3 is 34.6 Å². The molecule has 1 spiro atoms. The molecule has 1 aromatic rings. The van der Waals surface area contributed by atoms with Crippen LogP contribution in [0, 0.1) is 11.8 Å². The van der Waals surface area contributed by atoms with Gasteiger partial charge in [0.05, 0.1) is 19.1 Å². The predicted molar refractivity (Wildman–Crippen MR) is 163 cm³/mol. The van der Waals surface area contributed by atoms with Gasteiger partial charge in [-0.15, -0.1) is 0 Å². The summed E-state index contributed by atoms with van der Waals surface area (Å²) in [6.07, 6.45) is 4.68. The standard InChI is InChI=1S/C31H39BrN4O7/c1-4-34(5-2)20-10-12-21(13-11-20)35-14-8-6-7-9-23(38)33-18-19(3)42-30(41)24-25-28(39)36(15-16-37)27(29(35)40)31(25)17-22(32)26(24)43-31/h6,8,10-13,17,19,24-27,37H,4-5,7,9,14-16,18H2,1-3H3,(H,33,38)/b8-6-/t19-,24+,25-,26+,27+,31-/m0/s1. The third-order valence-electron chi connectivity index (χ3n) is 8.73. The van der Waals surface area contributed by atoms with Crippen molar-refractivity contribution in [3.63, 3.8) is 0 Å². The molecular formula is C31H39BrN4O7. The van der Waals surface area contributed by atoms with E-state index in [-0.39, 0.29) is 38.6 Å². The topological polar surface area (TPSA) is 129 Å². The Balaban J connectivity index is 1.59. The number of carbonyl (C=O) groups excluding carboxylic acids is 4. The minimum Gasteiger partial charge on any atom is -0.460 e. The summed E-state index contributed by atoms with van der Waals surface area (Å²) in [7, 11) is 0. The number of ether oxygens (including phenoxy) is 2. The van der Waals surface area contributed by atoms with Crippen molar-refractivity contribution >= 4 is 51.0 Å². The Hall–Kier alpha value is -3.22. The van der Waals surface area contributed by atoms with Crippen LogP contribution in [-0.4, -0.2) is 96.9 Å². The Labute approximate surface area is 260 Å². The van der Waals surface area contributed by atoms with Crippen molar-refractivity contribution in [2.45, 2.75) is 57.5 Å². The number of hydrogen-bond acceptors (Lipinski definition) is 8. The molecular weight excluding hydrogens is 620 g/mol. The number of carbonyl (C=O) groups is 4. The van der Waals surface area contributed by atoms with Crippen molar-refractivity contribution in [1.82, 2.24) is 10.2 Å². The van der Waals surface area contributed by atoms with Gasteiger partial charge in [-0.2, -0.15) is 0 Å². The number of anilines is 2. The van der Waals surface area contributed by atoms with Crippen LogP contribution in [-0.2, 0) is 28.7 Å². The summed E-state index contributed by atoms with van der Waals surface area (Å²) in [5.74, 6) is -3.66. The maximum absolute atomic E-state index is 14.7. The number of β-amino-alcohol motifs (C(OH)–C–C–N with tert-alkyl or cyclic N) is 1. The van der Waals surface area contributed by atoms with Crippen LogP contribution in [0.3, 0.4) is 0 Å². The molecule has 11 nitrogen and oxygen atoms in total. The Kier molecular flexibility index (Phi) is 9.29. The summed E-state index contributed by atoms with van der Waals surface area (Å²) in [5.41, 5.74) is 0.216. The van der Waals surface area contributed by atoms with Crippen LogP contribution >= 0.6 is 15.9 Å². The van der Waals surface area contributed by atoms with E-state index in [1.807, 2.05) is 36.4 Å². The molecule has 2 saturated heterocycles. The minimum absolute atomic E-state index is 0.0955. The van der Waals surface area contributed by atoms with E-state index in [1.54, 1.807) is 17.9 Å². The highest BCUT2D eigenvalue weighted by atomic mass is 79.9. The lowest BCUT2D eigenvalue weighted by Crippen LogP contribution is -2.56. The number of nitrogens with zero attached hydrogens (tertiary/aromatic N) is 3. The molecule has 4 aliphatic rings. The van der Waals surface area contributed by atoms with Gasteiger partial charge in [-0.25, -0.2) is 0 Å². The fraction of sp³-hybridized carbons (Fsp3) is 0.548. The number of fused-ring (bicyclic) bond motifs is 2. The number of allylic oxidation sites excluding steroid dienone is 1. The number of esters is 1. The molecule has 232 valence electrons. The highest BCUT2D eigenvalue weighted by molar-refractivity contribution is 9.11. The SMILES string of the molecule is CCN(CC)c1ccc(N2C/C=C\CCC(=O)NC[C@H](C)OC(=O)[C@H]3[C@@H]4O[C@@]5(C=C4Br)[C@@H]3C(=O)N(CCO)[C@@H]5C2=O)cc1. The third kappa shape index (κ3) is 5.60. The molecule has 4 aliphatic heterocycles. The third-order valence-corrected chi connectivity index (χ3v) is 9.41. The second-order valence-electron chi connectivity index (χ2n) is 11.3. The summed E-state index contributed by atoms with van der Waals surface area (Å²) in [6, 6.07) is 6.54. The number of aliphatic hydroxyl groups excluding tert-OH is 1. The highest BCUT2D eigenvalue weighted by Gasteiger charge is 2.74. The van der Waals surface area contributed by atoms with Crippen molar-refractivity contribution < 1.29 is 33.8 Å². The maximum Gasteiger partial charge on any atom is 0.313 e. The van der Waals surface area contributed by atoms with Crippen LogP contribution in [0.2, 0.25) is 0 Å². The lowest BCUT2D eigenvalue weighted by Gasteiger charge is -2.35. The normalized spacial score (nSPS) is 31.9. The second kappa shape index (κ2) is 12.8. The molecule has 2 N–H and O–H groups in total. The van der Waals surface area contributed by atoms with Crippen LogP contribution < -0.4 is 15.1 Å². The van der Waals surface area contributed by atoms with E-state index in [2.05, 4.69) is 40.0 Å². The quantitative estimate of drug-likeness (QED) is 0.352. The maximum atomic E-state index is 14.7. The van der Waals surface area contributed by atoms with E-state index in [9.17, 15) is 24.3 Å². The molecule has 0 aliphatic carbocycles. The second-order valence-corrected chi connectivity index (χ2v) is 12.2. The average molecular weight is 660 g/mol. The molecule has 5 bridgehead atoms. The van der Waals surface area contributed by atoms with Gasteiger partial charge in [0.2, 0.25) is 11.8 Å². The summed E-state index contributed by atoms with van der Waals surface area (Å²) >= 11 is 3.53. The van der Waals surface area contributed by atoms with E-state index in [0.717, 1.165) is 18.8 Å². The predicted octanol–water partition coefficient (Wildman–Crippen LogP) is 2.13. The fourth-order valence-corrected chi connectivity index (χ4v) is 7.43. The van der Waals surface area contributed by atoms with E-state index in [1.165, 1.54) is 4.90 Å². The zero-order chi connectivity index (χ0) is 30.9. The average Bonchev–Trinajstić information content (AvgIpc) is 3.58. The van der Waals surface area contributed by atoms with Gasteiger partial charge in [0.15, 0.2) is 0 Å². The number of likely N-dealkylation sites (tertiary alicyclic amines) is 1.